The molecule has 0 aromatic heterocycles. The van der Waals surface area contributed by atoms with Crippen LogP contribution >= 0.6 is 0 Å². The maximum Gasteiger partial charge on any atom is 0.411 e. The van der Waals surface area contributed by atoms with Crippen LogP contribution in [0.1, 0.15) is 27.2 Å². The van der Waals surface area contributed by atoms with Gasteiger partial charge in [-0.3, -0.25) is 9.69 Å². The summed E-state index contributed by atoms with van der Waals surface area (Å²) in [6.07, 6.45) is -4.65. The van der Waals surface area contributed by atoms with Gasteiger partial charge in [0.05, 0.1) is 13.2 Å². The molecule has 136 valence electrons. The first-order chi connectivity index (χ1) is 10.7. The van der Waals surface area contributed by atoms with Gasteiger partial charge in [-0.2, -0.15) is 13.2 Å². The monoisotopic (exact) mass is 340 g/mol. The maximum atomic E-state index is 12.1. The van der Waals surface area contributed by atoms with Crippen LogP contribution in [0.2, 0.25) is 0 Å². The van der Waals surface area contributed by atoms with Gasteiger partial charge in [-0.1, -0.05) is 13.8 Å². The van der Waals surface area contributed by atoms with E-state index in [0.29, 0.717) is 25.7 Å². The molecule has 1 aliphatic rings. The van der Waals surface area contributed by atoms with Crippen molar-refractivity contribution in [1.82, 2.24) is 10.2 Å². The summed E-state index contributed by atoms with van der Waals surface area (Å²) in [6.45, 7) is 7.43. The molecule has 0 aliphatic carbocycles. The third-order valence-corrected chi connectivity index (χ3v) is 3.68. The fourth-order valence-corrected chi connectivity index (χ4v) is 2.51. The minimum atomic E-state index is -4.43. The fraction of sp³-hybridized carbons (Fsp3) is 0.933. The van der Waals surface area contributed by atoms with Gasteiger partial charge in [-0.15, -0.1) is 0 Å². The van der Waals surface area contributed by atoms with Gasteiger partial charge in [0.25, 0.3) is 0 Å². The first-order valence-electron chi connectivity index (χ1n) is 7.97. The first-order valence-corrected chi connectivity index (χ1v) is 7.97. The van der Waals surface area contributed by atoms with E-state index in [0.717, 1.165) is 19.5 Å². The van der Waals surface area contributed by atoms with Gasteiger partial charge in [0.15, 0.2) is 0 Å². The van der Waals surface area contributed by atoms with Gasteiger partial charge >= 0.3 is 6.18 Å². The van der Waals surface area contributed by atoms with Crippen LogP contribution in [0.4, 0.5) is 13.2 Å². The molecule has 0 saturated carbocycles. The topological polar surface area (TPSA) is 50.8 Å². The molecule has 0 aromatic carbocycles. The van der Waals surface area contributed by atoms with Gasteiger partial charge in [-0.25, -0.2) is 0 Å². The predicted octanol–water partition coefficient (Wildman–Crippen LogP) is 1.82. The molecule has 0 bridgehead atoms. The third kappa shape index (κ3) is 8.53. The Morgan fingerprint density at radius 1 is 1.26 bits per heavy atom. The Bertz CT molecular complexity index is 358. The standard InChI is InChI=1S/C15H27F3N2O3/c1-11(2)8-13(20-4-6-22-7-5-20)9-19-14(21)12(3)23-10-15(16,17)18/h11-13H,4-10H2,1-3H3,(H,19,21)/t12-,13-/m1/s1. The molecule has 2 atom stereocenters. The number of nitrogens with zero attached hydrogens (tertiary/aromatic N) is 1. The highest BCUT2D eigenvalue weighted by Crippen LogP contribution is 2.16. The Morgan fingerprint density at radius 3 is 2.39 bits per heavy atom. The molecular formula is C15H27F3N2O3. The van der Waals surface area contributed by atoms with E-state index >= 15 is 0 Å². The summed E-state index contributed by atoms with van der Waals surface area (Å²) >= 11 is 0. The van der Waals surface area contributed by atoms with Crippen molar-refractivity contribution in [2.75, 3.05) is 39.5 Å². The molecule has 5 nitrogen and oxygen atoms in total. The normalized spacial score (nSPS) is 19.6. The number of hydrogen-bond acceptors (Lipinski definition) is 4. The molecule has 1 fully saturated rings. The molecule has 0 unspecified atom stereocenters. The number of ether oxygens (including phenoxy) is 2. The van der Waals surface area contributed by atoms with Crippen molar-refractivity contribution < 1.29 is 27.4 Å². The fourth-order valence-electron chi connectivity index (χ4n) is 2.51. The molecule has 1 amide bonds. The number of rotatable bonds is 8. The molecule has 1 saturated heterocycles. The number of carbonyl (C=O) groups excluding carboxylic acids is 1. The lowest BCUT2D eigenvalue weighted by Gasteiger charge is -2.35. The quantitative estimate of drug-likeness (QED) is 0.732. The summed E-state index contributed by atoms with van der Waals surface area (Å²) in [5.74, 6) is -0.0603. The Kier molecular flexibility index (Phi) is 8.28. The lowest BCUT2D eigenvalue weighted by molar-refractivity contribution is -0.185. The number of carbonyl (C=O) groups is 1. The summed E-state index contributed by atoms with van der Waals surface area (Å²) in [5, 5.41) is 2.71. The molecular weight excluding hydrogens is 313 g/mol. The summed E-state index contributed by atoms with van der Waals surface area (Å²) in [4.78, 5) is 14.1. The Morgan fingerprint density at radius 2 is 1.87 bits per heavy atom. The zero-order valence-corrected chi connectivity index (χ0v) is 14.0. The second-order valence-electron chi connectivity index (χ2n) is 6.25. The van der Waals surface area contributed by atoms with Crippen molar-refractivity contribution in [3.05, 3.63) is 0 Å². The van der Waals surface area contributed by atoms with Crippen LogP contribution in [0.15, 0.2) is 0 Å². The largest absolute Gasteiger partial charge is 0.411 e. The van der Waals surface area contributed by atoms with Crippen molar-refractivity contribution in [3.63, 3.8) is 0 Å². The molecule has 1 rings (SSSR count). The summed E-state index contributed by atoms with van der Waals surface area (Å²) in [5.41, 5.74) is 0. The van der Waals surface area contributed by atoms with Gasteiger partial charge in [-0.05, 0) is 19.3 Å². The predicted molar refractivity (Wildman–Crippen MR) is 80.1 cm³/mol. The van der Waals surface area contributed by atoms with Crippen molar-refractivity contribution in [1.29, 1.82) is 0 Å². The number of hydrogen-bond donors (Lipinski definition) is 1. The molecule has 1 N–H and O–H groups in total. The van der Waals surface area contributed by atoms with E-state index in [4.69, 9.17) is 4.74 Å². The summed E-state index contributed by atoms with van der Waals surface area (Å²) in [6, 6.07) is 0.151. The van der Waals surface area contributed by atoms with E-state index in [1.807, 2.05) is 0 Å². The third-order valence-electron chi connectivity index (χ3n) is 3.68. The second-order valence-corrected chi connectivity index (χ2v) is 6.25. The van der Waals surface area contributed by atoms with E-state index in [1.54, 1.807) is 0 Å². The SMILES string of the molecule is CC(C)C[C@H](CNC(=O)[C@@H](C)OCC(F)(F)F)N1CCOCC1. The highest BCUT2D eigenvalue weighted by atomic mass is 19.4. The van der Waals surface area contributed by atoms with Crippen molar-refractivity contribution >= 4 is 5.91 Å². The van der Waals surface area contributed by atoms with E-state index in [2.05, 4.69) is 28.8 Å². The van der Waals surface area contributed by atoms with E-state index < -0.39 is 24.8 Å². The summed E-state index contributed by atoms with van der Waals surface area (Å²) in [7, 11) is 0. The summed E-state index contributed by atoms with van der Waals surface area (Å²) < 4.78 is 46.2. The number of halogens is 3. The van der Waals surface area contributed by atoms with Crippen LogP contribution in [0, 0.1) is 5.92 Å². The van der Waals surface area contributed by atoms with Crippen LogP contribution < -0.4 is 5.32 Å². The molecule has 0 aromatic rings. The average molecular weight is 340 g/mol. The highest BCUT2D eigenvalue weighted by Gasteiger charge is 2.30. The highest BCUT2D eigenvalue weighted by molar-refractivity contribution is 5.80. The van der Waals surface area contributed by atoms with Gasteiger partial charge in [0, 0.05) is 25.7 Å². The van der Waals surface area contributed by atoms with Gasteiger partial charge in [0.1, 0.15) is 12.7 Å². The Hall–Kier alpha value is -0.860. The zero-order chi connectivity index (χ0) is 17.5. The van der Waals surface area contributed by atoms with Crippen LogP contribution in [0.3, 0.4) is 0 Å². The minimum Gasteiger partial charge on any atom is -0.379 e. The number of morpholine rings is 1. The molecule has 8 heteroatoms. The smallest absolute Gasteiger partial charge is 0.379 e. The van der Waals surface area contributed by atoms with E-state index in [1.165, 1.54) is 6.92 Å². The lowest BCUT2D eigenvalue weighted by Crippen LogP contribution is -2.50. The average Bonchev–Trinajstić information content (AvgIpc) is 2.48. The van der Waals surface area contributed by atoms with E-state index in [9.17, 15) is 18.0 Å². The Balaban J connectivity index is 2.44. The van der Waals surface area contributed by atoms with E-state index in [-0.39, 0.29) is 6.04 Å². The second kappa shape index (κ2) is 9.44. The van der Waals surface area contributed by atoms with Crippen LogP contribution in [-0.4, -0.2) is 68.6 Å². The zero-order valence-electron chi connectivity index (χ0n) is 14.0. The van der Waals surface area contributed by atoms with Gasteiger partial charge in [0.2, 0.25) is 5.91 Å². The minimum absolute atomic E-state index is 0.151. The van der Waals surface area contributed by atoms with Crippen molar-refractivity contribution in [2.45, 2.75) is 45.5 Å². The molecule has 1 heterocycles. The van der Waals surface area contributed by atoms with Crippen LogP contribution in [-0.2, 0) is 14.3 Å². The van der Waals surface area contributed by atoms with Gasteiger partial charge < -0.3 is 14.8 Å². The molecule has 0 radical (unpaired) electrons. The lowest BCUT2D eigenvalue weighted by atomic mass is 10.0. The molecule has 23 heavy (non-hydrogen) atoms. The maximum absolute atomic E-state index is 12.1. The van der Waals surface area contributed by atoms with Crippen LogP contribution in [0.5, 0.6) is 0 Å². The van der Waals surface area contributed by atoms with Crippen LogP contribution in [0.25, 0.3) is 0 Å². The van der Waals surface area contributed by atoms with Crippen molar-refractivity contribution in [2.24, 2.45) is 5.92 Å². The first kappa shape index (κ1) is 20.2. The number of amides is 1. The Labute approximate surface area is 135 Å². The van der Waals surface area contributed by atoms with Crippen molar-refractivity contribution in [3.8, 4) is 0 Å². The molecule has 0 spiro atoms. The number of nitrogens with one attached hydrogen (secondary N) is 1. The molecule has 1 aliphatic heterocycles. The number of alkyl halides is 3.